The zero-order chi connectivity index (χ0) is 9.84. The lowest BCUT2D eigenvalue weighted by atomic mass is 10.1. The van der Waals surface area contributed by atoms with Crippen molar-refractivity contribution in [3.63, 3.8) is 0 Å². The Kier molecular flexibility index (Phi) is 3.19. The van der Waals surface area contributed by atoms with Crippen molar-refractivity contribution in [1.29, 1.82) is 0 Å². The van der Waals surface area contributed by atoms with Gasteiger partial charge in [-0.1, -0.05) is 11.6 Å². The molecule has 5 heteroatoms. The molecule has 0 unspecified atom stereocenters. The highest BCUT2D eigenvalue weighted by molar-refractivity contribution is 6.29. The average molecular weight is 201 g/mol. The van der Waals surface area contributed by atoms with Crippen LogP contribution < -0.4 is 4.74 Å². The molecular formula is C8H9ClN2O2. The van der Waals surface area contributed by atoms with Crippen LogP contribution in [0.25, 0.3) is 0 Å². The zero-order valence-corrected chi connectivity index (χ0v) is 8.13. The second kappa shape index (κ2) is 4.18. The average Bonchev–Trinajstić information content (AvgIpc) is 2.03. The molecule has 0 radical (unpaired) electrons. The van der Waals surface area contributed by atoms with Gasteiger partial charge >= 0.3 is 0 Å². The maximum absolute atomic E-state index is 10.8. The second-order valence-corrected chi connectivity index (χ2v) is 2.97. The first kappa shape index (κ1) is 9.92. The van der Waals surface area contributed by atoms with Gasteiger partial charge in [-0.05, 0) is 13.0 Å². The van der Waals surface area contributed by atoms with Crippen molar-refractivity contribution in [2.45, 2.75) is 13.3 Å². The van der Waals surface area contributed by atoms with Gasteiger partial charge in [-0.2, -0.15) is 0 Å². The Bertz CT molecular complexity index is 328. The molecule has 70 valence electrons. The zero-order valence-electron chi connectivity index (χ0n) is 7.37. The predicted octanol–water partition coefficient (Wildman–Crippen LogP) is 1.27. The third-order valence-electron chi connectivity index (χ3n) is 1.44. The minimum absolute atomic E-state index is 0.0300. The molecule has 1 rings (SSSR count). The molecule has 1 aromatic heterocycles. The van der Waals surface area contributed by atoms with Crippen molar-refractivity contribution in [3.8, 4) is 5.88 Å². The number of Topliss-reactive ketones (excluding diaryl/α,β-unsaturated/α-hetero) is 1. The van der Waals surface area contributed by atoms with E-state index >= 15 is 0 Å². The van der Waals surface area contributed by atoms with E-state index in [0.717, 1.165) is 0 Å². The van der Waals surface area contributed by atoms with E-state index < -0.39 is 0 Å². The lowest BCUT2D eigenvalue weighted by Gasteiger charge is -2.03. The molecule has 0 saturated carbocycles. The van der Waals surface area contributed by atoms with Crippen molar-refractivity contribution in [1.82, 2.24) is 10.2 Å². The number of carbonyl (C=O) groups is 1. The molecule has 1 heterocycles. The minimum Gasteiger partial charge on any atom is -0.480 e. The largest absolute Gasteiger partial charge is 0.480 e. The number of hydrogen-bond donors (Lipinski definition) is 0. The van der Waals surface area contributed by atoms with Gasteiger partial charge in [0.05, 0.1) is 7.11 Å². The number of methoxy groups -OCH3 is 1. The molecule has 0 atom stereocenters. The van der Waals surface area contributed by atoms with Crippen LogP contribution in [0.4, 0.5) is 0 Å². The summed E-state index contributed by atoms with van der Waals surface area (Å²) in [7, 11) is 1.47. The quantitative estimate of drug-likeness (QED) is 0.738. The van der Waals surface area contributed by atoms with E-state index in [-0.39, 0.29) is 17.4 Å². The van der Waals surface area contributed by atoms with Gasteiger partial charge in [0.25, 0.3) is 0 Å². The summed E-state index contributed by atoms with van der Waals surface area (Å²) in [6, 6.07) is 1.58. The predicted molar refractivity (Wildman–Crippen MR) is 48.0 cm³/mol. The van der Waals surface area contributed by atoms with Gasteiger partial charge in [-0.25, -0.2) is 0 Å². The Labute approximate surface area is 80.9 Å². The SMILES string of the molecule is COc1nnc(Cl)cc1CC(C)=O. The highest BCUT2D eigenvalue weighted by Gasteiger charge is 2.08. The molecule has 0 saturated heterocycles. The van der Waals surface area contributed by atoms with Gasteiger partial charge in [0, 0.05) is 12.0 Å². The number of aromatic nitrogens is 2. The van der Waals surface area contributed by atoms with Crippen molar-refractivity contribution < 1.29 is 9.53 Å². The van der Waals surface area contributed by atoms with Gasteiger partial charge in [0.2, 0.25) is 5.88 Å². The van der Waals surface area contributed by atoms with E-state index in [2.05, 4.69) is 10.2 Å². The lowest BCUT2D eigenvalue weighted by molar-refractivity contribution is -0.116. The number of ketones is 1. The Morgan fingerprint density at radius 1 is 1.62 bits per heavy atom. The molecule has 4 nitrogen and oxygen atoms in total. The number of nitrogens with zero attached hydrogens (tertiary/aromatic N) is 2. The van der Waals surface area contributed by atoms with Crippen molar-refractivity contribution in [2.24, 2.45) is 0 Å². The highest BCUT2D eigenvalue weighted by Crippen LogP contribution is 2.17. The van der Waals surface area contributed by atoms with Crippen LogP contribution >= 0.6 is 11.6 Å². The third-order valence-corrected chi connectivity index (χ3v) is 1.62. The molecular weight excluding hydrogens is 192 g/mol. The van der Waals surface area contributed by atoms with Crippen LogP contribution in [-0.2, 0) is 11.2 Å². The van der Waals surface area contributed by atoms with Crippen molar-refractivity contribution in [2.75, 3.05) is 7.11 Å². The Hall–Kier alpha value is -1.16. The van der Waals surface area contributed by atoms with E-state index in [9.17, 15) is 4.79 Å². The Balaban J connectivity index is 3.01. The first-order chi connectivity index (χ1) is 6.13. The van der Waals surface area contributed by atoms with Gasteiger partial charge < -0.3 is 4.74 Å². The van der Waals surface area contributed by atoms with Crippen LogP contribution in [0, 0.1) is 0 Å². The fourth-order valence-electron chi connectivity index (χ4n) is 0.959. The molecule has 0 bridgehead atoms. The standard InChI is InChI=1S/C8H9ClN2O2/c1-5(12)3-6-4-7(9)10-11-8(6)13-2/h4H,3H2,1-2H3. The molecule has 13 heavy (non-hydrogen) atoms. The molecule has 0 spiro atoms. The summed E-state index contributed by atoms with van der Waals surface area (Å²) in [4.78, 5) is 10.8. The van der Waals surface area contributed by atoms with E-state index in [1.165, 1.54) is 14.0 Å². The molecule has 0 N–H and O–H groups in total. The van der Waals surface area contributed by atoms with Crippen LogP contribution in [0.5, 0.6) is 5.88 Å². The maximum atomic E-state index is 10.8. The number of ether oxygens (including phenoxy) is 1. The fraction of sp³-hybridized carbons (Fsp3) is 0.375. The van der Waals surface area contributed by atoms with E-state index in [4.69, 9.17) is 16.3 Å². The Morgan fingerprint density at radius 3 is 2.85 bits per heavy atom. The summed E-state index contributed by atoms with van der Waals surface area (Å²) in [6.07, 6.45) is 0.262. The number of carbonyl (C=O) groups excluding carboxylic acids is 1. The van der Waals surface area contributed by atoms with E-state index in [1.54, 1.807) is 6.07 Å². The second-order valence-electron chi connectivity index (χ2n) is 2.58. The third kappa shape index (κ3) is 2.66. The number of rotatable bonds is 3. The van der Waals surface area contributed by atoms with Crippen molar-refractivity contribution in [3.05, 3.63) is 16.8 Å². The fourth-order valence-corrected chi connectivity index (χ4v) is 1.13. The Morgan fingerprint density at radius 2 is 2.31 bits per heavy atom. The molecule has 0 aliphatic carbocycles. The van der Waals surface area contributed by atoms with E-state index in [0.29, 0.717) is 11.4 Å². The molecule has 0 amide bonds. The number of halogens is 1. The first-order valence-corrected chi connectivity index (χ1v) is 4.07. The van der Waals surface area contributed by atoms with Crippen LogP contribution in [0.1, 0.15) is 12.5 Å². The molecule has 0 aromatic carbocycles. The molecule has 1 aromatic rings. The van der Waals surface area contributed by atoms with Gasteiger partial charge in [-0.15, -0.1) is 10.2 Å². The lowest BCUT2D eigenvalue weighted by Crippen LogP contribution is -2.02. The van der Waals surface area contributed by atoms with Crippen LogP contribution in [0.2, 0.25) is 5.15 Å². The van der Waals surface area contributed by atoms with E-state index in [1.807, 2.05) is 0 Å². The molecule has 0 fully saturated rings. The number of hydrogen-bond acceptors (Lipinski definition) is 4. The topological polar surface area (TPSA) is 52.1 Å². The highest BCUT2D eigenvalue weighted by atomic mass is 35.5. The summed E-state index contributed by atoms with van der Waals surface area (Å²) >= 11 is 5.62. The normalized spacial score (nSPS) is 9.77. The minimum atomic E-state index is 0.0300. The van der Waals surface area contributed by atoms with Crippen molar-refractivity contribution >= 4 is 17.4 Å². The summed E-state index contributed by atoms with van der Waals surface area (Å²) in [5.41, 5.74) is 0.662. The van der Waals surface area contributed by atoms with Gasteiger partial charge in [0.15, 0.2) is 5.15 Å². The first-order valence-electron chi connectivity index (χ1n) is 3.69. The molecule has 0 aliphatic rings. The van der Waals surface area contributed by atoms with Gasteiger partial charge in [0.1, 0.15) is 5.78 Å². The maximum Gasteiger partial charge on any atom is 0.236 e. The summed E-state index contributed by atoms with van der Waals surface area (Å²) in [6.45, 7) is 1.49. The van der Waals surface area contributed by atoms with Gasteiger partial charge in [-0.3, -0.25) is 4.79 Å². The van der Waals surface area contributed by atoms with Crippen LogP contribution in [0.3, 0.4) is 0 Å². The monoisotopic (exact) mass is 200 g/mol. The molecule has 0 aliphatic heterocycles. The summed E-state index contributed by atoms with van der Waals surface area (Å²) in [5, 5.41) is 7.55. The summed E-state index contributed by atoms with van der Waals surface area (Å²) in [5.74, 6) is 0.377. The van der Waals surface area contributed by atoms with Crippen LogP contribution in [-0.4, -0.2) is 23.1 Å². The van der Waals surface area contributed by atoms with Crippen LogP contribution in [0.15, 0.2) is 6.07 Å². The summed E-state index contributed by atoms with van der Waals surface area (Å²) < 4.78 is 4.92. The smallest absolute Gasteiger partial charge is 0.236 e.